The molecule has 7 heteroatoms. The molecule has 0 radical (unpaired) electrons. The SMILES string of the molecule is C1=CCCC(c2nc(C3=CC=CC(c4nc(-c5ccc6ncccc6c5)nc(C5C=CC=CC5)n4)C3)nc(C3C=CC=CC3c3ccccc3)n2)=C1. The molecule has 3 aromatic heterocycles. The number of hydrogen-bond donors (Lipinski definition) is 0. The summed E-state index contributed by atoms with van der Waals surface area (Å²) in [5.41, 5.74) is 5.30. The molecule has 7 nitrogen and oxygen atoms in total. The van der Waals surface area contributed by atoms with E-state index in [1.54, 1.807) is 0 Å². The minimum Gasteiger partial charge on any atom is -0.256 e. The Hall–Kier alpha value is -6.21. The molecule has 4 unspecified atom stereocenters. The Balaban J connectivity index is 1.10. The van der Waals surface area contributed by atoms with E-state index in [9.17, 15) is 0 Å². The second-order valence-corrected chi connectivity index (χ2v) is 13.6. The van der Waals surface area contributed by atoms with Gasteiger partial charge in [0.2, 0.25) is 0 Å². The molecule has 0 aliphatic heterocycles. The van der Waals surface area contributed by atoms with Crippen LogP contribution in [0.1, 0.15) is 84.0 Å². The number of allylic oxidation sites excluding steroid dienone is 16. The monoisotopic (exact) mass is 675 g/mol. The first-order chi connectivity index (χ1) is 25.7. The summed E-state index contributed by atoms with van der Waals surface area (Å²) in [5.74, 6) is 4.53. The topological polar surface area (TPSA) is 90.2 Å². The smallest absolute Gasteiger partial charge is 0.163 e. The van der Waals surface area contributed by atoms with Gasteiger partial charge in [-0.15, -0.1) is 0 Å². The third kappa shape index (κ3) is 6.53. The van der Waals surface area contributed by atoms with E-state index in [2.05, 4.69) is 139 Å². The average Bonchev–Trinajstić information content (AvgIpc) is 3.24. The van der Waals surface area contributed by atoms with E-state index in [1.807, 2.05) is 18.3 Å². The van der Waals surface area contributed by atoms with Gasteiger partial charge in [0.05, 0.1) is 5.52 Å². The molecule has 0 bridgehead atoms. The minimum atomic E-state index is -0.0826. The van der Waals surface area contributed by atoms with Crippen molar-refractivity contribution in [2.75, 3.05) is 0 Å². The van der Waals surface area contributed by atoms with Gasteiger partial charge in [-0.25, -0.2) is 29.9 Å². The molecule has 252 valence electrons. The maximum Gasteiger partial charge on any atom is 0.163 e. The van der Waals surface area contributed by atoms with Crippen LogP contribution in [0.4, 0.5) is 0 Å². The van der Waals surface area contributed by atoms with Crippen LogP contribution >= 0.6 is 0 Å². The van der Waals surface area contributed by atoms with Crippen LogP contribution in [0, 0.1) is 0 Å². The molecule has 0 spiro atoms. The van der Waals surface area contributed by atoms with Crippen molar-refractivity contribution >= 4 is 22.0 Å². The molecule has 4 atom stereocenters. The normalized spacial score (nSPS) is 22.1. The molecule has 5 aromatic rings. The Morgan fingerprint density at radius 1 is 0.538 bits per heavy atom. The van der Waals surface area contributed by atoms with Gasteiger partial charge in [0.15, 0.2) is 17.5 Å². The summed E-state index contributed by atoms with van der Waals surface area (Å²) < 4.78 is 0. The molecule has 0 fully saturated rings. The van der Waals surface area contributed by atoms with Crippen molar-refractivity contribution in [3.05, 3.63) is 187 Å². The Kier molecular flexibility index (Phi) is 8.67. The maximum atomic E-state index is 5.23. The molecule has 0 N–H and O–H groups in total. The zero-order chi connectivity index (χ0) is 34.7. The van der Waals surface area contributed by atoms with Crippen LogP contribution in [0.2, 0.25) is 0 Å². The van der Waals surface area contributed by atoms with Crippen molar-refractivity contribution in [2.45, 2.75) is 49.4 Å². The van der Waals surface area contributed by atoms with Crippen molar-refractivity contribution in [1.29, 1.82) is 0 Å². The predicted octanol–water partition coefficient (Wildman–Crippen LogP) is 9.73. The highest BCUT2D eigenvalue weighted by molar-refractivity contribution is 5.83. The largest absolute Gasteiger partial charge is 0.256 e. The number of benzene rings is 2. The van der Waals surface area contributed by atoms with Crippen LogP contribution in [-0.2, 0) is 0 Å². The van der Waals surface area contributed by atoms with E-state index in [0.717, 1.165) is 70.2 Å². The Bertz CT molecular complexity index is 2400. The second kappa shape index (κ2) is 14.2. The quantitative estimate of drug-likeness (QED) is 0.170. The lowest BCUT2D eigenvalue weighted by atomic mass is 9.82. The minimum absolute atomic E-state index is 0.0217. The van der Waals surface area contributed by atoms with Crippen molar-refractivity contribution in [3.8, 4) is 11.4 Å². The van der Waals surface area contributed by atoms with Crippen LogP contribution < -0.4 is 0 Å². The van der Waals surface area contributed by atoms with Gasteiger partial charge >= 0.3 is 0 Å². The molecule has 9 rings (SSSR count). The van der Waals surface area contributed by atoms with Crippen LogP contribution in [-0.4, -0.2) is 34.9 Å². The first-order valence-corrected chi connectivity index (χ1v) is 18.1. The van der Waals surface area contributed by atoms with Crippen molar-refractivity contribution in [3.63, 3.8) is 0 Å². The first kappa shape index (κ1) is 31.7. The van der Waals surface area contributed by atoms with Crippen molar-refractivity contribution in [1.82, 2.24) is 34.9 Å². The molecule has 4 aliphatic rings. The summed E-state index contributed by atoms with van der Waals surface area (Å²) in [6, 6.07) is 20.8. The molecule has 0 amide bonds. The number of hydrogen-bond acceptors (Lipinski definition) is 7. The Morgan fingerprint density at radius 3 is 2.13 bits per heavy atom. The fourth-order valence-electron chi connectivity index (χ4n) is 7.34. The Morgan fingerprint density at radius 2 is 1.31 bits per heavy atom. The van der Waals surface area contributed by atoms with E-state index in [1.165, 1.54) is 5.56 Å². The number of nitrogens with zero attached hydrogens (tertiary/aromatic N) is 7. The zero-order valence-electron chi connectivity index (χ0n) is 28.7. The van der Waals surface area contributed by atoms with E-state index >= 15 is 0 Å². The zero-order valence-corrected chi connectivity index (χ0v) is 28.7. The highest BCUT2D eigenvalue weighted by atomic mass is 15.1. The van der Waals surface area contributed by atoms with E-state index in [0.29, 0.717) is 18.1 Å². The third-order valence-corrected chi connectivity index (χ3v) is 10.1. The summed E-state index contributed by atoms with van der Waals surface area (Å²) in [4.78, 5) is 35.4. The van der Waals surface area contributed by atoms with Gasteiger partial charge in [-0.05, 0) is 66.7 Å². The fourth-order valence-corrected chi connectivity index (χ4v) is 7.34. The summed E-state index contributed by atoms with van der Waals surface area (Å²) in [5, 5.41) is 1.05. The lowest BCUT2D eigenvalue weighted by molar-refractivity contribution is 0.666. The van der Waals surface area contributed by atoms with Crippen LogP contribution in [0.25, 0.3) is 33.4 Å². The summed E-state index contributed by atoms with van der Waals surface area (Å²) >= 11 is 0. The first-order valence-electron chi connectivity index (χ1n) is 18.1. The molecule has 0 saturated heterocycles. The van der Waals surface area contributed by atoms with E-state index in [4.69, 9.17) is 29.9 Å². The number of aromatic nitrogens is 7. The van der Waals surface area contributed by atoms with E-state index < -0.39 is 0 Å². The van der Waals surface area contributed by atoms with Gasteiger partial charge in [0.25, 0.3) is 0 Å². The van der Waals surface area contributed by atoms with Gasteiger partial charge in [-0.3, -0.25) is 4.98 Å². The summed E-state index contributed by atoms with van der Waals surface area (Å²) in [6.45, 7) is 0. The molecule has 52 heavy (non-hydrogen) atoms. The summed E-state index contributed by atoms with van der Waals surface area (Å²) in [7, 11) is 0. The highest BCUT2D eigenvalue weighted by Crippen LogP contribution is 2.39. The number of fused-ring (bicyclic) bond motifs is 1. The van der Waals surface area contributed by atoms with Gasteiger partial charge in [-0.2, -0.15) is 0 Å². The molecule has 3 heterocycles. The highest BCUT2D eigenvalue weighted by Gasteiger charge is 2.29. The van der Waals surface area contributed by atoms with Crippen molar-refractivity contribution in [2.24, 2.45) is 0 Å². The standard InChI is InChI=1S/C45H37N7/c1-4-14-30(15-5-1)37-23-10-11-24-38(37)45-51-41(32-18-8-3-9-19-32)49-43(52-45)35-21-12-20-34(29-35)42-47-40(31-16-6-2-7-17-31)48-44(50-42)36-25-26-39-33(28-36)22-13-27-46-39/h1-8,10-16,18,20-28,31,34,37-38H,9,17,19,29H2. The lowest BCUT2D eigenvalue weighted by Crippen LogP contribution is -2.17. The average molecular weight is 676 g/mol. The number of rotatable bonds is 7. The second-order valence-electron chi connectivity index (χ2n) is 13.6. The maximum absolute atomic E-state index is 5.23. The lowest BCUT2D eigenvalue weighted by Gasteiger charge is -2.25. The molecular weight excluding hydrogens is 639 g/mol. The van der Waals surface area contributed by atoms with Crippen LogP contribution in [0.15, 0.2) is 152 Å². The molecule has 2 aromatic carbocycles. The van der Waals surface area contributed by atoms with Gasteiger partial charge < -0.3 is 0 Å². The number of pyridine rings is 1. The van der Waals surface area contributed by atoms with Gasteiger partial charge in [0, 0.05) is 40.8 Å². The van der Waals surface area contributed by atoms with Crippen LogP contribution in [0.3, 0.4) is 0 Å². The van der Waals surface area contributed by atoms with Gasteiger partial charge in [0.1, 0.15) is 17.5 Å². The van der Waals surface area contributed by atoms with Crippen molar-refractivity contribution < 1.29 is 0 Å². The third-order valence-electron chi connectivity index (χ3n) is 10.1. The van der Waals surface area contributed by atoms with Crippen LogP contribution in [0.5, 0.6) is 0 Å². The molecular formula is C45H37N7. The Labute approximate surface area is 303 Å². The predicted molar refractivity (Wildman–Crippen MR) is 207 cm³/mol. The fraction of sp³-hybridized carbons (Fsp3) is 0.178. The molecule has 0 saturated carbocycles. The van der Waals surface area contributed by atoms with E-state index in [-0.39, 0.29) is 23.7 Å². The van der Waals surface area contributed by atoms with Gasteiger partial charge in [-0.1, -0.05) is 121 Å². The molecule has 4 aliphatic carbocycles. The summed E-state index contributed by atoms with van der Waals surface area (Å²) in [6.07, 6.45) is 35.3.